The quantitative estimate of drug-likeness (QED) is 0.225. The number of fused-ring (bicyclic) bond motifs is 2. The summed E-state index contributed by atoms with van der Waals surface area (Å²) in [6.45, 7) is 0.408. The van der Waals surface area contributed by atoms with E-state index < -0.39 is 47.5 Å². The van der Waals surface area contributed by atoms with E-state index in [1.165, 1.54) is 0 Å². The predicted octanol–water partition coefficient (Wildman–Crippen LogP) is 4.85. The summed E-state index contributed by atoms with van der Waals surface area (Å²) in [6, 6.07) is 14.5. The molecule has 0 unspecified atom stereocenters. The number of para-hydroxylation sites is 1. The summed E-state index contributed by atoms with van der Waals surface area (Å²) in [4.78, 5) is 59.7. The van der Waals surface area contributed by atoms with Crippen LogP contribution in [-0.2, 0) is 28.7 Å². The first kappa shape index (κ1) is 34.4. The van der Waals surface area contributed by atoms with Crippen molar-refractivity contribution in [1.29, 1.82) is 0 Å². The normalized spacial score (nSPS) is 29.8. The van der Waals surface area contributed by atoms with E-state index in [1.54, 1.807) is 46.2 Å². The number of halogens is 2. The summed E-state index contributed by atoms with van der Waals surface area (Å²) in [6.07, 6.45) is 7.92. The lowest BCUT2D eigenvalue weighted by Crippen LogP contribution is -2.56. The van der Waals surface area contributed by atoms with Crippen LogP contribution in [-0.4, -0.2) is 77.7 Å². The van der Waals surface area contributed by atoms with E-state index in [9.17, 15) is 24.3 Å². The Bertz CT molecular complexity index is 1600. The predicted molar refractivity (Wildman–Crippen MR) is 183 cm³/mol. The van der Waals surface area contributed by atoms with Crippen molar-refractivity contribution in [3.8, 4) is 0 Å². The first-order chi connectivity index (χ1) is 23.3. The Labute approximate surface area is 293 Å². The topological polar surface area (TPSA) is 125 Å². The van der Waals surface area contributed by atoms with Gasteiger partial charge in [0.05, 0.1) is 28.6 Å². The molecule has 2 aromatic rings. The maximum Gasteiger partial charge on any atom is 0.306 e. The number of likely N-dealkylation sites (tertiary alicyclic amines) is 1. The second-order valence-electron chi connectivity index (χ2n) is 12.6. The van der Waals surface area contributed by atoms with Gasteiger partial charge < -0.3 is 29.7 Å². The van der Waals surface area contributed by atoms with Crippen LogP contribution in [0, 0.1) is 11.8 Å². The van der Waals surface area contributed by atoms with Crippen molar-refractivity contribution in [1.82, 2.24) is 10.2 Å². The van der Waals surface area contributed by atoms with Gasteiger partial charge in [-0.15, -0.1) is 0 Å². The Hall–Kier alpha value is -3.51. The molecule has 0 radical (unpaired) electrons. The first-order valence-corrected chi connectivity index (χ1v) is 17.6. The summed E-state index contributed by atoms with van der Waals surface area (Å²) >= 11 is 10.3. The number of amides is 3. The molecule has 4 heterocycles. The summed E-state index contributed by atoms with van der Waals surface area (Å²) in [7, 11) is 0. The number of nitrogens with one attached hydrogen (secondary N) is 1. The highest BCUT2D eigenvalue weighted by molar-refractivity contribution is 9.11. The lowest BCUT2D eigenvalue weighted by molar-refractivity contribution is -0.145. The van der Waals surface area contributed by atoms with Crippen LogP contribution in [0.3, 0.4) is 0 Å². The molecule has 0 aromatic heterocycles. The summed E-state index contributed by atoms with van der Waals surface area (Å²) < 4.78 is 12.9. The second-order valence-corrected chi connectivity index (χ2v) is 13.9. The number of anilines is 1. The van der Waals surface area contributed by atoms with Gasteiger partial charge in [-0.25, -0.2) is 0 Å². The highest BCUT2D eigenvalue weighted by atomic mass is 79.9. The van der Waals surface area contributed by atoms with Gasteiger partial charge in [0, 0.05) is 30.6 Å². The molecule has 0 aliphatic carbocycles. The first-order valence-electron chi connectivity index (χ1n) is 16.5. The molecule has 2 fully saturated rings. The Morgan fingerprint density at radius 1 is 0.958 bits per heavy atom. The van der Waals surface area contributed by atoms with Crippen LogP contribution in [0.1, 0.15) is 50.1 Å². The zero-order valence-corrected chi connectivity index (χ0v) is 28.8. The number of nitrogens with zero attached hydrogens (tertiary/aromatic N) is 2. The molecule has 2 N–H and O–H groups in total. The average molecular weight is 741 g/mol. The minimum absolute atomic E-state index is 0.0847. The molecule has 1 spiro atoms. The molecule has 3 amide bonds. The number of aliphatic hydroxyl groups is 1. The number of rotatable bonds is 8. The second kappa shape index (κ2) is 14.9. The fourth-order valence-corrected chi connectivity index (χ4v) is 8.30. The van der Waals surface area contributed by atoms with Crippen LogP contribution in [0.4, 0.5) is 5.69 Å². The molecule has 12 heteroatoms. The maximum atomic E-state index is 14.9. The third-order valence-electron chi connectivity index (χ3n) is 9.58. The molecule has 0 saturated carbocycles. The van der Waals surface area contributed by atoms with E-state index in [2.05, 4.69) is 21.2 Å². The minimum Gasteiger partial charge on any atom is -0.463 e. The van der Waals surface area contributed by atoms with E-state index in [1.807, 2.05) is 36.4 Å². The number of hydrogen-bond acceptors (Lipinski definition) is 7. The van der Waals surface area contributed by atoms with Crippen molar-refractivity contribution >= 4 is 56.9 Å². The lowest BCUT2D eigenvalue weighted by Gasteiger charge is -2.36. The Kier molecular flexibility index (Phi) is 10.7. The Morgan fingerprint density at radius 3 is 2.48 bits per heavy atom. The van der Waals surface area contributed by atoms with Gasteiger partial charge in [-0.3, -0.25) is 19.2 Å². The number of cyclic esters (lactones) is 1. The number of allylic oxidation sites excluding steroid dienone is 1. The number of benzene rings is 2. The van der Waals surface area contributed by atoms with E-state index in [4.69, 9.17) is 21.1 Å². The van der Waals surface area contributed by atoms with Crippen LogP contribution < -0.4 is 10.2 Å². The summed E-state index contributed by atoms with van der Waals surface area (Å²) in [5.41, 5.74) is -0.191. The molecule has 48 heavy (non-hydrogen) atoms. The van der Waals surface area contributed by atoms with Crippen LogP contribution in [0.15, 0.2) is 77.3 Å². The van der Waals surface area contributed by atoms with E-state index >= 15 is 0 Å². The van der Waals surface area contributed by atoms with Crippen molar-refractivity contribution in [2.75, 3.05) is 31.2 Å². The van der Waals surface area contributed by atoms with Gasteiger partial charge in [0.2, 0.25) is 11.8 Å². The van der Waals surface area contributed by atoms with Crippen LogP contribution in [0.2, 0.25) is 5.02 Å². The maximum absolute atomic E-state index is 14.9. The zero-order chi connectivity index (χ0) is 33.8. The Morgan fingerprint density at radius 2 is 1.71 bits per heavy atom. The number of carbonyl (C=O) groups is 4. The number of aliphatic hydroxyl groups excluding tert-OH is 1. The number of esters is 1. The van der Waals surface area contributed by atoms with Crippen molar-refractivity contribution < 1.29 is 33.8 Å². The van der Waals surface area contributed by atoms with Crippen molar-refractivity contribution in [3.05, 3.63) is 87.9 Å². The molecular weight excluding hydrogens is 702 g/mol. The number of ether oxygens (including phenoxy) is 2. The van der Waals surface area contributed by atoms with Gasteiger partial charge in [-0.2, -0.15) is 0 Å². The highest BCUT2D eigenvalue weighted by Crippen LogP contribution is 2.59. The number of hydrogen-bond donors (Lipinski definition) is 2. The monoisotopic (exact) mass is 739 g/mol. The largest absolute Gasteiger partial charge is 0.463 e. The highest BCUT2D eigenvalue weighted by Gasteiger charge is 2.74. The van der Waals surface area contributed by atoms with Gasteiger partial charge in [0.1, 0.15) is 24.4 Å². The minimum atomic E-state index is -1.41. The lowest BCUT2D eigenvalue weighted by atomic mass is 9.74. The van der Waals surface area contributed by atoms with Gasteiger partial charge >= 0.3 is 5.97 Å². The van der Waals surface area contributed by atoms with Crippen molar-refractivity contribution in [2.24, 2.45) is 11.8 Å². The molecule has 4 aliphatic heterocycles. The van der Waals surface area contributed by atoms with Gasteiger partial charge in [-0.05, 0) is 43.0 Å². The zero-order valence-electron chi connectivity index (χ0n) is 26.4. The molecular formula is C36H39BrClN3O7. The van der Waals surface area contributed by atoms with E-state index in [-0.39, 0.29) is 44.5 Å². The smallest absolute Gasteiger partial charge is 0.306 e. The molecule has 10 nitrogen and oxygen atoms in total. The summed E-state index contributed by atoms with van der Waals surface area (Å²) in [5, 5.41) is 12.7. The van der Waals surface area contributed by atoms with Gasteiger partial charge in [0.25, 0.3) is 5.91 Å². The molecule has 4 aliphatic rings. The molecule has 6 atom stereocenters. The third-order valence-corrected chi connectivity index (χ3v) is 10.6. The van der Waals surface area contributed by atoms with Crippen LogP contribution in [0.25, 0.3) is 0 Å². The van der Waals surface area contributed by atoms with Gasteiger partial charge in [0.15, 0.2) is 0 Å². The molecule has 5 bridgehead atoms. The third kappa shape index (κ3) is 6.57. The van der Waals surface area contributed by atoms with E-state index in [0.29, 0.717) is 34.5 Å². The van der Waals surface area contributed by atoms with Crippen molar-refractivity contribution in [3.63, 3.8) is 0 Å². The van der Waals surface area contributed by atoms with E-state index in [0.717, 1.165) is 18.4 Å². The fraction of sp³-hybridized carbons (Fsp3) is 0.444. The standard InChI is InChI=1S/C36H39BrClN3O7/c37-24-21-36-30-29(31(24)48-36)33(44)39-26(23-13-5-3-6-14-23)22-47-28(43)17-7-4-11-18-40(27-16-9-8-15-25(27)38)35(46)32(36)41(34(30)45)19-10-1-2-12-20-42/h3-6,8-9,11,13-16,21,26,29-32,42H,1-2,7,10,12,17-20,22H2,(H,39,44)/b11-4-/t26-,29-,30+,31-,32-,36+/m1/s1. The van der Waals surface area contributed by atoms with Gasteiger partial charge in [-0.1, -0.05) is 95.0 Å². The SMILES string of the molecule is O=C1CC/C=C\CN(c2ccccc2Cl)C(=O)[C@H]2N(CCCCCCO)C(=O)[C@@H]3[C@@H](C(=O)N[C@@H](c4ccccc4)CO1)[C@@H]1O[C@@]32C=C1Br. The van der Waals surface area contributed by atoms with Crippen LogP contribution >= 0.6 is 27.5 Å². The number of carbonyl (C=O) groups excluding carboxylic acids is 4. The van der Waals surface area contributed by atoms with Crippen LogP contribution in [0.5, 0.6) is 0 Å². The number of unbranched alkanes of at least 4 members (excludes halogenated alkanes) is 3. The molecule has 6 rings (SSSR count). The Balaban J connectivity index is 1.43. The average Bonchev–Trinajstić information content (AvgIpc) is 3.68. The van der Waals surface area contributed by atoms with Crippen molar-refractivity contribution in [2.45, 2.75) is 62.3 Å². The molecule has 254 valence electrons. The fourth-order valence-electron chi connectivity index (χ4n) is 7.33. The summed E-state index contributed by atoms with van der Waals surface area (Å²) in [5.74, 6) is -3.47. The molecule has 2 saturated heterocycles. The molecule has 2 aromatic carbocycles.